The second kappa shape index (κ2) is 86.1. The Kier molecular flexibility index (Phi) is 6400. The summed E-state index contributed by atoms with van der Waals surface area (Å²) in [6, 6.07) is 0. The van der Waals surface area contributed by atoms with Crippen LogP contribution < -0.4 is 0 Å². The van der Waals surface area contributed by atoms with E-state index in [4.69, 9.17) is 0 Å². The third-order valence-corrected chi connectivity index (χ3v) is 0. The van der Waals surface area contributed by atoms with Gasteiger partial charge in [-0.1, -0.05) is 0 Å². The molecule has 26 valence electrons. The Morgan fingerprint density at radius 1 is 0.500 bits per heavy atom. The zero-order chi connectivity index (χ0) is 0. The molecule has 0 aromatic carbocycles. The van der Waals surface area contributed by atoms with Crippen molar-refractivity contribution in [3.05, 3.63) is 0 Å². The minimum absolute atomic E-state index is 0. The van der Waals surface area contributed by atoms with E-state index in [1.54, 1.807) is 0 Å². The molecule has 0 amide bonds. The summed E-state index contributed by atoms with van der Waals surface area (Å²) in [6.07, 6.45) is 0. The Morgan fingerprint density at radius 3 is 0.500 bits per heavy atom. The van der Waals surface area contributed by atoms with Gasteiger partial charge in [0, 0.05) is 6.15 Å². The van der Waals surface area contributed by atoms with Crippen LogP contribution in [0.2, 0.25) is 0 Å². The zero-order valence-corrected chi connectivity index (χ0v) is 1.93. The molecule has 0 unspecified atom stereocenters. The SMILES string of the molecule is F.F.F.[He]. The summed E-state index contributed by atoms with van der Waals surface area (Å²) in [7, 11) is 0. The Morgan fingerprint density at radius 2 is 0.500 bits per heavy atom. The molecule has 0 aromatic rings. The number of hydrogen-bond donors (Lipinski definition) is 0. The van der Waals surface area contributed by atoms with Gasteiger partial charge in [0.2, 0.25) is 0 Å². The zero-order valence-electron chi connectivity index (χ0n) is 1.93. The first-order chi connectivity index (χ1) is 0. The van der Waals surface area contributed by atoms with E-state index in [9.17, 15) is 0 Å². The molecule has 0 heterocycles. The Bertz CT molecular complexity index is 3.25. The maximum absolute atomic E-state index is 0. The van der Waals surface area contributed by atoms with Gasteiger partial charge in [-0.25, -0.2) is 0 Å². The molecule has 0 N–H and O–H groups in total. The minimum atomic E-state index is 0. The molecule has 0 atom stereocenters. The average molecular weight is 64.0 g/mol. The second-order valence-corrected chi connectivity index (χ2v) is 0. The standard InChI is InChI=1S/3FH.He/h3*1H;. The van der Waals surface area contributed by atoms with Crippen LogP contribution in [0.4, 0.5) is 14.1 Å². The number of hydrogen-bond acceptors (Lipinski definition) is 0. The maximum atomic E-state index is 0. The molecule has 0 aromatic heterocycles. The fraction of sp³-hybridized carbons (Fsp3) is 0. The first-order valence-electron chi connectivity index (χ1n) is 0. The smallest absolute Gasteiger partial charge is 0 e. The molecule has 0 bridgehead atoms. The summed E-state index contributed by atoms with van der Waals surface area (Å²) in [6.45, 7) is 0. The van der Waals surface area contributed by atoms with Gasteiger partial charge < -0.3 is 0 Å². The van der Waals surface area contributed by atoms with Crippen LogP contribution in [0, 0.1) is 6.15 Å². The molecule has 0 nitrogen and oxygen atoms in total. The predicted octanol–water partition coefficient (Wildman–Crippen LogP) is 0.458. The topological polar surface area (TPSA) is 0 Å². The minimum Gasteiger partial charge on any atom is -0.269 e. The van der Waals surface area contributed by atoms with Crippen LogP contribution in [0.25, 0.3) is 0 Å². The summed E-state index contributed by atoms with van der Waals surface area (Å²) < 4.78 is 0. The Hall–Kier alpha value is -0.301. The van der Waals surface area contributed by atoms with E-state index < -0.39 is 0 Å². The summed E-state index contributed by atoms with van der Waals surface area (Å²) in [4.78, 5) is 0. The first-order valence-corrected chi connectivity index (χ1v) is 0. The van der Waals surface area contributed by atoms with E-state index in [-0.39, 0.29) is 20.3 Å². The molecule has 4 heteroatoms. The van der Waals surface area contributed by atoms with Crippen LogP contribution in [-0.4, -0.2) is 0 Å². The fourth-order valence-electron chi connectivity index (χ4n) is 0. The normalized spacial score (nSPS) is 0. The van der Waals surface area contributed by atoms with Gasteiger partial charge in [-0.05, 0) is 0 Å². The van der Waals surface area contributed by atoms with Crippen LogP contribution in [-0.2, 0) is 0 Å². The summed E-state index contributed by atoms with van der Waals surface area (Å²) in [5.74, 6) is 0. The van der Waals surface area contributed by atoms with Crippen molar-refractivity contribution in [3.63, 3.8) is 0 Å². The third kappa shape index (κ3) is 9.17. The third-order valence-electron chi connectivity index (χ3n) is 0. The van der Waals surface area contributed by atoms with Crippen molar-refractivity contribution < 1.29 is 20.3 Å². The number of rotatable bonds is 0. The van der Waals surface area contributed by atoms with Gasteiger partial charge in [0.05, 0.1) is 0 Å². The average Bonchev–Trinajstić information content (AvgIpc) is 0. The van der Waals surface area contributed by atoms with Crippen molar-refractivity contribution in [2.45, 2.75) is 0 Å². The van der Waals surface area contributed by atoms with E-state index in [0.29, 0.717) is 0 Å². The van der Waals surface area contributed by atoms with Gasteiger partial charge in [0.25, 0.3) is 0 Å². The van der Waals surface area contributed by atoms with Crippen molar-refractivity contribution >= 4 is 0 Å². The quantitative estimate of drug-likeness (QED) is 0.384. The van der Waals surface area contributed by atoms with E-state index in [1.807, 2.05) is 0 Å². The second-order valence-electron chi connectivity index (χ2n) is 0. The van der Waals surface area contributed by atoms with Gasteiger partial charge in [-0.15, -0.1) is 0 Å². The van der Waals surface area contributed by atoms with Crippen molar-refractivity contribution in [3.8, 4) is 0 Å². The molecule has 0 saturated heterocycles. The van der Waals surface area contributed by atoms with E-state index >= 15 is 0 Å². The monoisotopic (exact) mass is 64.0 g/mol. The maximum Gasteiger partial charge on any atom is 0 e. The molecular formula is H3F3He. The van der Waals surface area contributed by atoms with E-state index in [1.165, 1.54) is 0 Å². The predicted molar refractivity (Wildman–Crippen MR) is 7.51 cm³/mol. The van der Waals surface area contributed by atoms with Crippen molar-refractivity contribution in [1.29, 1.82) is 0 Å². The van der Waals surface area contributed by atoms with Crippen LogP contribution in [0.3, 0.4) is 0 Å². The first kappa shape index (κ1) is 298. The van der Waals surface area contributed by atoms with Crippen LogP contribution in [0.15, 0.2) is 0 Å². The van der Waals surface area contributed by atoms with Crippen LogP contribution in [0.1, 0.15) is 0 Å². The van der Waals surface area contributed by atoms with Crippen LogP contribution >= 0.6 is 0 Å². The molecule has 0 aliphatic carbocycles. The molecule has 0 spiro atoms. The Labute approximate surface area is 21.7 Å². The van der Waals surface area contributed by atoms with Gasteiger partial charge in [0.1, 0.15) is 0 Å². The molecular weight excluding hydrogens is 61.0 g/mol. The van der Waals surface area contributed by atoms with Gasteiger partial charge >= 0.3 is 0 Å². The molecule has 0 radical (unpaired) electrons. The molecule has 4 heavy (non-hydrogen) atoms. The summed E-state index contributed by atoms with van der Waals surface area (Å²) in [5.41, 5.74) is 0. The van der Waals surface area contributed by atoms with Gasteiger partial charge in [-0.3, -0.25) is 14.1 Å². The van der Waals surface area contributed by atoms with Crippen molar-refractivity contribution in [2.24, 2.45) is 0 Å². The molecule has 0 saturated carbocycles. The molecule has 0 fully saturated rings. The van der Waals surface area contributed by atoms with E-state index in [2.05, 4.69) is 0 Å². The number of halogens is 3. The Balaban J connectivity index is 0. The summed E-state index contributed by atoms with van der Waals surface area (Å²) in [5, 5.41) is 0. The van der Waals surface area contributed by atoms with Gasteiger partial charge in [0.15, 0.2) is 0 Å². The molecule has 0 aliphatic rings. The summed E-state index contributed by atoms with van der Waals surface area (Å²) >= 11 is 0. The van der Waals surface area contributed by atoms with Crippen molar-refractivity contribution in [1.82, 2.24) is 0 Å². The fourth-order valence-corrected chi connectivity index (χ4v) is 0. The molecule has 0 aliphatic heterocycles. The van der Waals surface area contributed by atoms with Gasteiger partial charge in [-0.2, -0.15) is 0 Å². The van der Waals surface area contributed by atoms with Crippen LogP contribution in [0.5, 0.6) is 0 Å². The van der Waals surface area contributed by atoms with E-state index in [0.717, 1.165) is 0 Å². The largest absolute Gasteiger partial charge is 0.269 e. The molecule has 0 rings (SSSR count). The van der Waals surface area contributed by atoms with Crippen molar-refractivity contribution in [2.75, 3.05) is 0 Å².